The molecule has 3 rings (SSSR count). The Morgan fingerprint density at radius 3 is 2.50 bits per heavy atom. The third kappa shape index (κ3) is 3.68. The van der Waals surface area contributed by atoms with E-state index in [1.807, 2.05) is 0 Å². The fraction of sp³-hybridized carbons (Fsp3) is 0.294. The van der Waals surface area contributed by atoms with Crippen molar-refractivity contribution < 1.29 is 22.7 Å². The molecule has 0 saturated carbocycles. The van der Waals surface area contributed by atoms with Gasteiger partial charge in [-0.25, -0.2) is 17.8 Å². The summed E-state index contributed by atoms with van der Waals surface area (Å²) >= 11 is 0. The van der Waals surface area contributed by atoms with Crippen LogP contribution < -0.4 is 0 Å². The third-order valence-electron chi connectivity index (χ3n) is 4.18. The molecule has 0 bridgehead atoms. The van der Waals surface area contributed by atoms with Crippen molar-refractivity contribution in [2.24, 2.45) is 0 Å². The molecule has 26 heavy (non-hydrogen) atoms. The Balaban J connectivity index is 1.75. The van der Waals surface area contributed by atoms with Gasteiger partial charge in [0.25, 0.3) is 5.91 Å². The van der Waals surface area contributed by atoms with E-state index in [1.165, 1.54) is 39.7 Å². The molecular formula is C17H18FN3O4S. The first kappa shape index (κ1) is 18.3. The quantitative estimate of drug-likeness (QED) is 0.872. The van der Waals surface area contributed by atoms with Crippen molar-refractivity contribution in [1.29, 1.82) is 0 Å². The van der Waals surface area contributed by atoms with Crippen LogP contribution in [-0.2, 0) is 10.0 Å². The molecule has 0 atom stereocenters. The molecule has 1 N–H and O–H groups in total. The molecule has 7 nitrogen and oxygen atoms in total. The molecule has 0 spiro atoms. The van der Waals surface area contributed by atoms with Crippen molar-refractivity contribution in [2.45, 2.75) is 11.3 Å². The molecule has 1 saturated heterocycles. The van der Waals surface area contributed by atoms with E-state index < -0.39 is 21.7 Å². The number of carbonyl (C=O) groups is 1. The Labute approximate surface area is 150 Å². The Morgan fingerprint density at radius 2 is 1.81 bits per heavy atom. The molecule has 0 unspecified atom stereocenters. The summed E-state index contributed by atoms with van der Waals surface area (Å²) in [5.41, 5.74) is -0.0534. The molecule has 1 aromatic carbocycles. The van der Waals surface area contributed by atoms with E-state index in [-0.39, 0.29) is 36.0 Å². The molecule has 2 aromatic rings. The maximum atomic E-state index is 13.0. The normalized spacial score (nSPS) is 16.3. The van der Waals surface area contributed by atoms with Gasteiger partial charge in [-0.2, -0.15) is 4.31 Å². The van der Waals surface area contributed by atoms with Crippen LogP contribution >= 0.6 is 0 Å². The minimum atomic E-state index is -3.76. The monoisotopic (exact) mass is 379 g/mol. The van der Waals surface area contributed by atoms with Crippen LogP contribution in [-0.4, -0.2) is 59.8 Å². The maximum absolute atomic E-state index is 13.0. The first-order valence-corrected chi connectivity index (χ1v) is 9.52. The molecule has 0 radical (unpaired) electrons. The van der Waals surface area contributed by atoms with Gasteiger partial charge in [0.1, 0.15) is 11.6 Å². The fourth-order valence-electron chi connectivity index (χ4n) is 2.80. The lowest BCUT2D eigenvalue weighted by Crippen LogP contribution is -2.37. The smallest absolute Gasteiger partial charge is 0.276 e. The summed E-state index contributed by atoms with van der Waals surface area (Å²) in [6.45, 7) is 0.885. The lowest BCUT2D eigenvalue weighted by Gasteiger charge is -2.22. The molecule has 9 heteroatoms. The first-order chi connectivity index (χ1) is 12.4. The largest absolute Gasteiger partial charge is 0.505 e. The minimum Gasteiger partial charge on any atom is -0.505 e. The molecular weight excluding hydrogens is 361 g/mol. The van der Waals surface area contributed by atoms with Crippen molar-refractivity contribution in [2.75, 3.05) is 26.2 Å². The van der Waals surface area contributed by atoms with Crippen molar-refractivity contribution in [3.8, 4) is 5.75 Å². The summed E-state index contributed by atoms with van der Waals surface area (Å²) in [4.78, 5) is 17.9. The second-order valence-corrected chi connectivity index (χ2v) is 7.81. The highest BCUT2D eigenvalue weighted by atomic mass is 32.2. The van der Waals surface area contributed by atoms with Crippen molar-refractivity contribution >= 4 is 15.9 Å². The average molecular weight is 379 g/mol. The van der Waals surface area contributed by atoms with E-state index in [1.54, 1.807) is 0 Å². The number of hydrogen-bond donors (Lipinski definition) is 1. The highest BCUT2D eigenvalue weighted by Crippen LogP contribution is 2.20. The fourth-order valence-corrected chi connectivity index (χ4v) is 4.27. The number of amides is 1. The summed E-state index contributed by atoms with van der Waals surface area (Å²) in [5, 5.41) is 9.79. The highest BCUT2D eigenvalue weighted by Gasteiger charge is 2.29. The van der Waals surface area contributed by atoms with Gasteiger partial charge < -0.3 is 10.0 Å². The highest BCUT2D eigenvalue weighted by molar-refractivity contribution is 7.89. The van der Waals surface area contributed by atoms with Crippen molar-refractivity contribution in [3.63, 3.8) is 0 Å². The van der Waals surface area contributed by atoms with Crippen LogP contribution in [0.25, 0.3) is 0 Å². The number of halogens is 1. The molecule has 1 aliphatic rings. The van der Waals surface area contributed by atoms with Crippen LogP contribution in [0.4, 0.5) is 4.39 Å². The maximum Gasteiger partial charge on any atom is 0.276 e. The van der Waals surface area contributed by atoms with Crippen LogP contribution in [0.15, 0.2) is 47.5 Å². The van der Waals surface area contributed by atoms with Crippen LogP contribution in [0.1, 0.15) is 16.9 Å². The number of aromatic nitrogens is 1. The van der Waals surface area contributed by atoms with Crippen LogP contribution in [0.5, 0.6) is 5.75 Å². The first-order valence-electron chi connectivity index (χ1n) is 8.08. The zero-order valence-corrected chi connectivity index (χ0v) is 14.7. The van der Waals surface area contributed by atoms with Gasteiger partial charge in [0.15, 0.2) is 5.69 Å². The number of sulfonamides is 1. The van der Waals surface area contributed by atoms with E-state index in [0.29, 0.717) is 13.0 Å². The topological polar surface area (TPSA) is 90.8 Å². The molecule has 0 aliphatic carbocycles. The number of rotatable bonds is 3. The molecule has 138 valence electrons. The lowest BCUT2D eigenvalue weighted by atomic mass is 10.2. The van der Waals surface area contributed by atoms with Gasteiger partial charge in [-0.3, -0.25) is 4.79 Å². The van der Waals surface area contributed by atoms with Gasteiger partial charge in [-0.05, 0) is 42.8 Å². The van der Waals surface area contributed by atoms with E-state index in [2.05, 4.69) is 4.98 Å². The zero-order valence-electron chi connectivity index (χ0n) is 13.9. The van der Waals surface area contributed by atoms with E-state index in [4.69, 9.17) is 0 Å². The van der Waals surface area contributed by atoms with Crippen LogP contribution in [0.3, 0.4) is 0 Å². The summed E-state index contributed by atoms with van der Waals surface area (Å²) in [6, 6.07) is 7.55. The Kier molecular flexibility index (Phi) is 5.19. The number of aromatic hydroxyl groups is 1. The zero-order chi connectivity index (χ0) is 18.7. The molecule has 1 aliphatic heterocycles. The predicted molar refractivity (Wildman–Crippen MR) is 91.6 cm³/mol. The van der Waals surface area contributed by atoms with E-state index in [0.717, 1.165) is 12.1 Å². The van der Waals surface area contributed by atoms with E-state index in [9.17, 15) is 22.7 Å². The van der Waals surface area contributed by atoms with Crippen molar-refractivity contribution in [3.05, 3.63) is 54.1 Å². The molecule has 1 fully saturated rings. The van der Waals surface area contributed by atoms with Crippen LogP contribution in [0, 0.1) is 5.82 Å². The molecule has 1 aromatic heterocycles. The van der Waals surface area contributed by atoms with Gasteiger partial charge in [-0.15, -0.1) is 0 Å². The Bertz CT molecular complexity index is 902. The van der Waals surface area contributed by atoms with Gasteiger partial charge in [0.05, 0.1) is 4.90 Å². The standard InChI is InChI=1S/C17H18FN3O4S/c18-13-4-6-14(7-5-13)26(24,25)21-10-2-9-20(11-12-21)17(23)16-15(22)3-1-8-19-16/h1,3-8,22H,2,9-12H2. The number of pyridine rings is 1. The SMILES string of the molecule is O=C(c1ncccc1O)N1CCCN(S(=O)(=O)c2ccc(F)cc2)CC1. The second kappa shape index (κ2) is 7.38. The average Bonchev–Trinajstić information content (AvgIpc) is 2.89. The third-order valence-corrected chi connectivity index (χ3v) is 6.10. The summed E-state index contributed by atoms with van der Waals surface area (Å²) in [7, 11) is -3.76. The number of carbonyl (C=O) groups excluding carboxylic acids is 1. The number of nitrogens with zero attached hydrogens (tertiary/aromatic N) is 3. The van der Waals surface area contributed by atoms with Crippen LogP contribution in [0.2, 0.25) is 0 Å². The predicted octanol–water partition coefficient (Wildman–Crippen LogP) is 1.46. The number of hydrogen-bond acceptors (Lipinski definition) is 5. The summed E-state index contributed by atoms with van der Waals surface area (Å²) in [6.07, 6.45) is 1.86. The van der Waals surface area contributed by atoms with Gasteiger partial charge >= 0.3 is 0 Å². The Hall–Kier alpha value is -2.52. The summed E-state index contributed by atoms with van der Waals surface area (Å²) in [5.74, 6) is -1.16. The summed E-state index contributed by atoms with van der Waals surface area (Å²) < 4.78 is 39.7. The second-order valence-electron chi connectivity index (χ2n) is 5.87. The van der Waals surface area contributed by atoms with Gasteiger partial charge in [-0.1, -0.05) is 0 Å². The van der Waals surface area contributed by atoms with Gasteiger partial charge in [0.2, 0.25) is 10.0 Å². The van der Waals surface area contributed by atoms with E-state index >= 15 is 0 Å². The lowest BCUT2D eigenvalue weighted by molar-refractivity contribution is 0.0755. The minimum absolute atomic E-state index is 0.0149. The van der Waals surface area contributed by atoms with Gasteiger partial charge in [0, 0.05) is 32.4 Å². The van der Waals surface area contributed by atoms with Crippen molar-refractivity contribution in [1.82, 2.24) is 14.2 Å². The molecule has 2 heterocycles. The Morgan fingerprint density at radius 1 is 1.08 bits per heavy atom. The number of benzene rings is 1. The molecule has 1 amide bonds.